The predicted octanol–water partition coefficient (Wildman–Crippen LogP) is 2.68. The molecule has 1 amide bonds. The maximum absolute atomic E-state index is 11.8. The summed E-state index contributed by atoms with van der Waals surface area (Å²) in [6, 6.07) is 10.5. The van der Waals surface area contributed by atoms with Crippen molar-refractivity contribution in [2.24, 2.45) is 11.3 Å². The normalized spacial score (nSPS) is 19.5. The summed E-state index contributed by atoms with van der Waals surface area (Å²) >= 11 is 0. The second-order valence-corrected chi connectivity index (χ2v) is 6.40. The maximum atomic E-state index is 11.8. The number of benzene rings is 1. The van der Waals surface area contributed by atoms with Crippen LogP contribution in [0, 0.1) is 11.3 Å². The highest BCUT2D eigenvalue weighted by Gasteiger charge is 2.25. The topological polar surface area (TPSA) is 32.3 Å². The van der Waals surface area contributed by atoms with E-state index in [1.54, 1.807) is 0 Å². The second-order valence-electron chi connectivity index (χ2n) is 6.40. The smallest absolute Gasteiger partial charge is 0.225 e. The Morgan fingerprint density at radius 3 is 2.63 bits per heavy atom. The van der Waals surface area contributed by atoms with Crippen molar-refractivity contribution in [1.29, 1.82) is 0 Å². The third kappa shape index (κ3) is 3.72. The zero-order chi connectivity index (χ0) is 13.9. The molecular weight excluding hydrogens is 236 g/mol. The summed E-state index contributed by atoms with van der Waals surface area (Å²) in [4.78, 5) is 14.2. The minimum absolute atomic E-state index is 0.144. The van der Waals surface area contributed by atoms with Gasteiger partial charge in [-0.1, -0.05) is 39.0 Å². The number of nitrogens with one attached hydrogen (secondary N) is 1. The quantitative estimate of drug-likeness (QED) is 0.906. The van der Waals surface area contributed by atoms with Gasteiger partial charge in [0.25, 0.3) is 0 Å². The molecule has 3 heteroatoms. The standard InChI is InChI=1S/C16H24N2O/c1-16(2,3)15(19)17-11-13-9-10-18(12-13)14-7-5-4-6-8-14/h4-8,13H,9-12H2,1-3H3,(H,17,19). The lowest BCUT2D eigenvalue weighted by Crippen LogP contribution is -2.38. The van der Waals surface area contributed by atoms with Gasteiger partial charge in [-0.25, -0.2) is 0 Å². The summed E-state index contributed by atoms with van der Waals surface area (Å²) < 4.78 is 0. The Balaban J connectivity index is 1.82. The first-order chi connectivity index (χ1) is 8.97. The summed E-state index contributed by atoms with van der Waals surface area (Å²) in [5.74, 6) is 0.706. The Kier molecular flexibility index (Phi) is 4.13. The molecule has 1 saturated heterocycles. The maximum Gasteiger partial charge on any atom is 0.225 e. The molecule has 0 aromatic heterocycles. The first-order valence-electron chi connectivity index (χ1n) is 7.05. The molecule has 0 spiro atoms. The third-order valence-electron chi connectivity index (χ3n) is 3.64. The van der Waals surface area contributed by atoms with E-state index in [2.05, 4.69) is 34.5 Å². The van der Waals surface area contributed by atoms with Gasteiger partial charge in [0.05, 0.1) is 0 Å². The van der Waals surface area contributed by atoms with Gasteiger partial charge in [0, 0.05) is 30.7 Å². The van der Waals surface area contributed by atoms with Gasteiger partial charge < -0.3 is 10.2 Å². The highest BCUT2D eigenvalue weighted by molar-refractivity contribution is 5.81. The SMILES string of the molecule is CC(C)(C)C(=O)NCC1CCN(c2ccccc2)C1. The molecule has 1 aromatic rings. The lowest BCUT2D eigenvalue weighted by Gasteiger charge is -2.21. The number of nitrogens with zero attached hydrogens (tertiary/aromatic N) is 1. The van der Waals surface area contributed by atoms with E-state index in [0.717, 1.165) is 26.1 Å². The lowest BCUT2D eigenvalue weighted by molar-refractivity contribution is -0.128. The first-order valence-corrected chi connectivity index (χ1v) is 7.05. The van der Waals surface area contributed by atoms with E-state index in [-0.39, 0.29) is 11.3 Å². The van der Waals surface area contributed by atoms with Crippen LogP contribution in [0.3, 0.4) is 0 Å². The van der Waals surface area contributed by atoms with Gasteiger partial charge in [0.2, 0.25) is 5.91 Å². The highest BCUT2D eigenvalue weighted by Crippen LogP contribution is 2.23. The van der Waals surface area contributed by atoms with E-state index in [1.807, 2.05) is 26.8 Å². The molecule has 1 N–H and O–H groups in total. The van der Waals surface area contributed by atoms with Crippen molar-refractivity contribution in [1.82, 2.24) is 5.32 Å². The molecular formula is C16H24N2O. The van der Waals surface area contributed by atoms with Gasteiger partial charge in [-0.3, -0.25) is 4.79 Å². The fraction of sp³-hybridized carbons (Fsp3) is 0.562. The summed E-state index contributed by atoms with van der Waals surface area (Å²) in [7, 11) is 0. The van der Waals surface area contributed by atoms with Crippen molar-refractivity contribution < 1.29 is 4.79 Å². The summed E-state index contributed by atoms with van der Waals surface area (Å²) in [5.41, 5.74) is 0.990. The van der Waals surface area contributed by atoms with Crippen LogP contribution >= 0.6 is 0 Å². The van der Waals surface area contributed by atoms with Crippen LogP contribution in [0.5, 0.6) is 0 Å². The molecule has 1 fully saturated rings. The molecule has 0 saturated carbocycles. The monoisotopic (exact) mass is 260 g/mol. The lowest BCUT2D eigenvalue weighted by atomic mass is 9.95. The van der Waals surface area contributed by atoms with Crippen LogP contribution in [0.2, 0.25) is 0 Å². The number of carbonyl (C=O) groups excluding carboxylic acids is 1. The molecule has 0 radical (unpaired) electrons. The van der Waals surface area contributed by atoms with Crippen molar-refractivity contribution in [2.45, 2.75) is 27.2 Å². The van der Waals surface area contributed by atoms with Crippen molar-refractivity contribution in [3.05, 3.63) is 30.3 Å². The van der Waals surface area contributed by atoms with Gasteiger partial charge in [-0.05, 0) is 24.5 Å². The van der Waals surface area contributed by atoms with E-state index in [9.17, 15) is 4.79 Å². The Bertz CT molecular complexity index is 422. The minimum atomic E-state index is -0.294. The molecule has 1 heterocycles. The average Bonchev–Trinajstić information content (AvgIpc) is 2.84. The fourth-order valence-electron chi connectivity index (χ4n) is 2.37. The molecule has 1 atom stereocenters. The van der Waals surface area contributed by atoms with Gasteiger partial charge in [0.1, 0.15) is 0 Å². The van der Waals surface area contributed by atoms with Crippen molar-refractivity contribution >= 4 is 11.6 Å². The third-order valence-corrected chi connectivity index (χ3v) is 3.64. The molecule has 1 unspecified atom stereocenters. The molecule has 3 nitrogen and oxygen atoms in total. The van der Waals surface area contributed by atoms with E-state index in [0.29, 0.717) is 5.92 Å². The second kappa shape index (κ2) is 5.64. The van der Waals surface area contributed by atoms with E-state index in [1.165, 1.54) is 5.69 Å². The molecule has 19 heavy (non-hydrogen) atoms. The zero-order valence-corrected chi connectivity index (χ0v) is 12.1. The van der Waals surface area contributed by atoms with Crippen molar-refractivity contribution in [2.75, 3.05) is 24.5 Å². The number of carbonyl (C=O) groups is 1. The van der Waals surface area contributed by atoms with E-state index >= 15 is 0 Å². The van der Waals surface area contributed by atoms with E-state index in [4.69, 9.17) is 0 Å². The van der Waals surface area contributed by atoms with Crippen LogP contribution in [0.25, 0.3) is 0 Å². The molecule has 104 valence electrons. The summed E-state index contributed by atoms with van der Waals surface area (Å²) in [5, 5.41) is 3.07. The number of para-hydroxylation sites is 1. The number of hydrogen-bond donors (Lipinski definition) is 1. The van der Waals surface area contributed by atoms with Gasteiger partial charge >= 0.3 is 0 Å². The Morgan fingerprint density at radius 1 is 1.32 bits per heavy atom. The van der Waals surface area contributed by atoms with Gasteiger partial charge in [-0.15, -0.1) is 0 Å². The average molecular weight is 260 g/mol. The number of rotatable bonds is 3. The highest BCUT2D eigenvalue weighted by atomic mass is 16.2. The van der Waals surface area contributed by atoms with Gasteiger partial charge in [0.15, 0.2) is 0 Å². The van der Waals surface area contributed by atoms with Crippen LogP contribution in [0.15, 0.2) is 30.3 Å². The molecule has 0 bridgehead atoms. The Labute approximate surface area is 116 Å². The van der Waals surface area contributed by atoms with Crippen LogP contribution in [0.4, 0.5) is 5.69 Å². The molecule has 2 rings (SSSR count). The van der Waals surface area contributed by atoms with Crippen LogP contribution in [-0.2, 0) is 4.79 Å². The Morgan fingerprint density at radius 2 is 2.00 bits per heavy atom. The first kappa shape index (κ1) is 13.9. The van der Waals surface area contributed by atoms with Crippen molar-refractivity contribution in [3.63, 3.8) is 0 Å². The van der Waals surface area contributed by atoms with E-state index < -0.39 is 0 Å². The fourth-order valence-corrected chi connectivity index (χ4v) is 2.37. The van der Waals surface area contributed by atoms with Crippen LogP contribution in [-0.4, -0.2) is 25.5 Å². The number of anilines is 1. The van der Waals surface area contributed by atoms with Crippen molar-refractivity contribution in [3.8, 4) is 0 Å². The molecule has 1 aromatic carbocycles. The molecule has 1 aliphatic heterocycles. The van der Waals surface area contributed by atoms with Crippen LogP contribution < -0.4 is 10.2 Å². The van der Waals surface area contributed by atoms with Crippen LogP contribution in [0.1, 0.15) is 27.2 Å². The zero-order valence-electron chi connectivity index (χ0n) is 12.1. The number of hydrogen-bond acceptors (Lipinski definition) is 2. The molecule has 1 aliphatic rings. The minimum Gasteiger partial charge on any atom is -0.371 e. The summed E-state index contributed by atoms with van der Waals surface area (Å²) in [6.07, 6.45) is 1.15. The summed E-state index contributed by atoms with van der Waals surface area (Å²) in [6.45, 7) is 8.77. The molecule has 0 aliphatic carbocycles. The Hall–Kier alpha value is -1.51. The largest absolute Gasteiger partial charge is 0.371 e. The number of amides is 1. The van der Waals surface area contributed by atoms with Gasteiger partial charge in [-0.2, -0.15) is 0 Å². The predicted molar refractivity (Wildman–Crippen MR) is 79.2 cm³/mol.